The van der Waals surface area contributed by atoms with Crippen LogP contribution in [0.1, 0.15) is 37.0 Å². The van der Waals surface area contributed by atoms with Crippen LogP contribution in [-0.4, -0.2) is 24.7 Å². The maximum Gasteiger partial charge on any atom is 0.411 e. The molecule has 0 aliphatic rings. The minimum absolute atomic E-state index is 0.0138. The maximum absolute atomic E-state index is 12.0. The smallest absolute Gasteiger partial charge is 0.411 e. The molecule has 0 fully saturated rings. The van der Waals surface area contributed by atoms with Crippen LogP contribution in [-0.2, 0) is 11.2 Å². The third-order valence-electron chi connectivity index (χ3n) is 2.42. The van der Waals surface area contributed by atoms with Crippen LogP contribution in [0, 0.1) is 11.1 Å². The topological polar surface area (TPSA) is 95.3 Å². The van der Waals surface area contributed by atoms with E-state index in [0.29, 0.717) is 4.73 Å². The third-order valence-corrected chi connectivity index (χ3v) is 2.42. The number of methoxy groups -OCH3 is 1. The molecule has 1 rings (SSSR count). The Morgan fingerprint density at radius 3 is 2.58 bits per heavy atom. The highest BCUT2D eigenvalue weighted by atomic mass is 16.6. The number of carbonyl (C=O) groups is 1. The molecule has 0 amide bonds. The van der Waals surface area contributed by atoms with E-state index < -0.39 is 11.5 Å². The highest BCUT2D eigenvalue weighted by Gasteiger charge is 2.28. The summed E-state index contributed by atoms with van der Waals surface area (Å²) in [6.07, 6.45) is 0.290. The Bertz CT molecular complexity index is 522. The minimum atomic E-state index is -0.794. The predicted octanol–water partition coefficient (Wildman–Crippen LogP) is 0.392. The predicted molar refractivity (Wildman–Crippen MR) is 67.1 cm³/mol. The molecule has 7 heteroatoms. The number of aromatic nitrogens is 2. The van der Waals surface area contributed by atoms with Gasteiger partial charge in [0.15, 0.2) is 0 Å². The number of nitrogens with one attached hydrogen (secondary N) is 1. The van der Waals surface area contributed by atoms with Gasteiger partial charge in [0, 0.05) is 6.42 Å². The number of ether oxygens (including phenoxy) is 2. The minimum Gasteiger partial charge on any atom is -0.616 e. The van der Waals surface area contributed by atoms with Gasteiger partial charge in [0.05, 0.1) is 13.7 Å². The van der Waals surface area contributed by atoms with Crippen LogP contribution in [0.25, 0.3) is 0 Å². The van der Waals surface area contributed by atoms with Gasteiger partial charge in [-0.25, -0.2) is 4.79 Å². The zero-order valence-electron chi connectivity index (χ0n) is 11.5. The average Bonchev–Trinajstić information content (AvgIpc) is 2.34. The van der Waals surface area contributed by atoms with Crippen molar-refractivity contribution in [2.24, 2.45) is 5.92 Å². The molecule has 106 valence electrons. The molecule has 1 heterocycles. The van der Waals surface area contributed by atoms with E-state index in [1.165, 1.54) is 7.11 Å². The lowest BCUT2D eigenvalue weighted by Gasteiger charge is -2.11. The van der Waals surface area contributed by atoms with Crippen LogP contribution in [0.4, 0.5) is 0 Å². The first-order valence-electron chi connectivity index (χ1n) is 6.02. The second-order valence-corrected chi connectivity index (χ2v) is 4.40. The van der Waals surface area contributed by atoms with Crippen molar-refractivity contribution in [1.29, 1.82) is 0 Å². The van der Waals surface area contributed by atoms with Gasteiger partial charge < -0.3 is 19.7 Å². The van der Waals surface area contributed by atoms with Gasteiger partial charge in [-0.3, -0.25) is 4.79 Å². The summed E-state index contributed by atoms with van der Waals surface area (Å²) in [6.45, 7) is 5.52. The van der Waals surface area contributed by atoms with E-state index >= 15 is 0 Å². The summed E-state index contributed by atoms with van der Waals surface area (Å²) in [7, 11) is 1.25. The van der Waals surface area contributed by atoms with E-state index in [1.54, 1.807) is 6.92 Å². The molecule has 1 N–H and O–H groups in total. The van der Waals surface area contributed by atoms with Gasteiger partial charge in [0.25, 0.3) is 5.69 Å². The summed E-state index contributed by atoms with van der Waals surface area (Å²) >= 11 is 0. The lowest BCUT2D eigenvalue weighted by molar-refractivity contribution is -0.622. The van der Waals surface area contributed by atoms with Crippen LogP contribution in [0.5, 0.6) is 5.88 Å². The molecule has 1 aromatic heterocycles. The van der Waals surface area contributed by atoms with Crippen LogP contribution in [0.3, 0.4) is 0 Å². The monoisotopic (exact) mass is 270 g/mol. The van der Waals surface area contributed by atoms with E-state index in [2.05, 4.69) is 4.98 Å². The molecule has 19 heavy (non-hydrogen) atoms. The summed E-state index contributed by atoms with van der Waals surface area (Å²) in [6, 6.07) is 0. The van der Waals surface area contributed by atoms with E-state index in [9.17, 15) is 14.8 Å². The van der Waals surface area contributed by atoms with Crippen molar-refractivity contribution in [2.75, 3.05) is 13.7 Å². The fourth-order valence-corrected chi connectivity index (χ4v) is 1.64. The first-order chi connectivity index (χ1) is 8.92. The number of rotatable bonds is 5. The Balaban J connectivity index is 3.37. The Morgan fingerprint density at radius 2 is 2.11 bits per heavy atom. The first-order valence-corrected chi connectivity index (χ1v) is 6.02. The summed E-state index contributed by atoms with van der Waals surface area (Å²) in [5.41, 5.74) is -0.857. The number of hydrogen-bond acceptors (Lipinski definition) is 5. The van der Waals surface area contributed by atoms with Crippen molar-refractivity contribution in [3.63, 3.8) is 0 Å². The van der Waals surface area contributed by atoms with Crippen molar-refractivity contribution in [1.82, 2.24) is 4.98 Å². The van der Waals surface area contributed by atoms with Crippen LogP contribution in [0.2, 0.25) is 0 Å². The molecule has 7 nitrogen and oxygen atoms in total. The van der Waals surface area contributed by atoms with Gasteiger partial charge in [-0.2, -0.15) is 0 Å². The molecule has 0 spiro atoms. The molecule has 0 aliphatic carbocycles. The fourth-order valence-electron chi connectivity index (χ4n) is 1.64. The number of nitrogens with zero attached hydrogens (tertiary/aromatic N) is 1. The van der Waals surface area contributed by atoms with Gasteiger partial charge in [0.1, 0.15) is 0 Å². The Hall–Kier alpha value is -2.05. The van der Waals surface area contributed by atoms with Gasteiger partial charge in [-0.15, -0.1) is 4.73 Å². The Morgan fingerprint density at radius 1 is 1.47 bits per heavy atom. The SMILES string of the molecule is CCOC(=O)c1[nH]c(=O)c(CC(C)C)[n+]([O-])c1OC. The molecule has 0 saturated carbocycles. The lowest BCUT2D eigenvalue weighted by atomic mass is 10.1. The van der Waals surface area contributed by atoms with Crippen LogP contribution in [0.15, 0.2) is 4.79 Å². The molecule has 0 radical (unpaired) electrons. The largest absolute Gasteiger partial charge is 0.616 e. The quantitative estimate of drug-likeness (QED) is 0.474. The summed E-state index contributed by atoms with van der Waals surface area (Å²) in [5, 5.41) is 12.0. The van der Waals surface area contributed by atoms with Crippen molar-refractivity contribution in [3.05, 3.63) is 26.9 Å². The number of hydrogen-bond donors (Lipinski definition) is 1. The number of aromatic amines is 1. The number of esters is 1. The molecule has 0 saturated heterocycles. The summed E-state index contributed by atoms with van der Waals surface area (Å²) in [5.74, 6) is -0.926. The Kier molecular flexibility index (Phi) is 4.91. The maximum atomic E-state index is 12.0. The first kappa shape index (κ1) is 15.0. The van der Waals surface area contributed by atoms with E-state index in [1.807, 2.05) is 13.8 Å². The fraction of sp³-hybridized carbons (Fsp3) is 0.583. The molecule has 0 aromatic carbocycles. The zero-order valence-corrected chi connectivity index (χ0v) is 11.5. The molecular formula is C12H18N2O5. The molecule has 0 atom stereocenters. The molecular weight excluding hydrogens is 252 g/mol. The van der Waals surface area contributed by atoms with E-state index in [0.717, 1.165) is 0 Å². The summed E-state index contributed by atoms with van der Waals surface area (Å²) < 4.78 is 10.0. The second kappa shape index (κ2) is 6.21. The zero-order chi connectivity index (χ0) is 14.6. The van der Waals surface area contributed by atoms with Crippen LogP contribution >= 0.6 is 0 Å². The van der Waals surface area contributed by atoms with Crippen molar-refractivity contribution in [2.45, 2.75) is 27.2 Å². The highest BCUT2D eigenvalue weighted by Crippen LogP contribution is 2.11. The van der Waals surface area contributed by atoms with Gasteiger partial charge in [-0.1, -0.05) is 13.8 Å². The standard InChI is InChI=1S/C12H18N2O5/c1-5-19-12(16)9-11(18-4)14(17)8(6-7(2)3)10(15)13-9/h7H,5-6H2,1-4H3,(H,13,15). The van der Waals surface area contributed by atoms with Crippen molar-refractivity contribution < 1.29 is 19.0 Å². The highest BCUT2D eigenvalue weighted by molar-refractivity contribution is 5.89. The third kappa shape index (κ3) is 3.24. The van der Waals surface area contributed by atoms with Crippen LogP contribution < -0.4 is 15.0 Å². The van der Waals surface area contributed by atoms with Crippen molar-refractivity contribution >= 4 is 5.97 Å². The molecule has 0 unspecified atom stereocenters. The second-order valence-electron chi connectivity index (χ2n) is 4.40. The Labute approximate surface area is 110 Å². The number of carbonyl (C=O) groups excluding carboxylic acids is 1. The van der Waals surface area contributed by atoms with Gasteiger partial charge >= 0.3 is 17.4 Å². The molecule has 1 aromatic rings. The summed E-state index contributed by atoms with van der Waals surface area (Å²) in [4.78, 5) is 25.8. The van der Waals surface area contributed by atoms with Crippen molar-refractivity contribution in [3.8, 4) is 5.88 Å². The van der Waals surface area contributed by atoms with Gasteiger partial charge in [-0.05, 0) is 12.8 Å². The molecule has 0 aliphatic heterocycles. The molecule has 0 bridgehead atoms. The van der Waals surface area contributed by atoms with E-state index in [4.69, 9.17) is 9.47 Å². The van der Waals surface area contributed by atoms with E-state index in [-0.39, 0.29) is 36.2 Å². The normalized spacial score (nSPS) is 10.6. The average molecular weight is 270 g/mol. The lowest BCUT2D eigenvalue weighted by Crippen LogP contribution is -2.43. The number of H-pyrrole nitrogens is 1. The van der Waals surface area contributed by atoms with Gasteiger partial charge in [0.2, 0.25) is 5.69 Å².